The van der Waals surface area contributed by atoms with E-state index in [2.05, 4.69) is 10.0 Å². The highest BCUT2D eigenvalue weighted by Gasteiger charge is 2.14. The number of hydrogen-bond acceptors (Lipinski definition) is 5. The molecule has 1 heterocycles. The van der Waals surface area contributed by atoms with Gasteiger partial charge in [0.1, 0.15) is 12.0 Å². The molecule has 2 aromatic rings. The summed E-state index contributed by atoms with van der Waals surface area (Å²) in [5.41, 5.74) is 6.26. The van der Waals surface area contributed by atoms with Gasteiger partial charge in [-0.2, -0.15) is 0 Å². The van der Waals surface area contributed by atoms with Crippen molar-refractivity contribution in [1.82, 2.24) is 4.72 Å². The summed E-state index contributed by atoms with van der Waals surface area (Å²) in [6.45, 7) is 2.47. The molecule has 1 aromatic carbocycles. The normalized spacial score (nSPS) is 11.4. The van der Waals surface area contributed by atoms with Gasteiger partial charge in [0, 0.05) is 12.2 Å². The summed E-state index contributed by atoms with van der Waals surface area (Å²) >= 11 is 0. The molecule has 0 aliphatic carbocycles. The molecule has 0 aliphatic heterocycles. The van der Waals surface area contributed by atoms with Crippen LogP contribution in [-0.2, 0) is 16.6 Å². The van der Waals surface area contributed by atoms with Crippen LogP contribution in [0.15, 0.2) is 45.9 Å². The molecule has 0 atom stereocenters. The van der Waals surface area contributed by atoms with Crippen molar-refractivity contribution in [2.24, 2.45) is 5.73 Å². The predicted octanol–water partition coefficient (Wildman–Crippen LogP) is 1.68. The SMILES string of the molecule is CCCNS(=O)(=O)c1ccc(NC(=O)c2coc(CN)c2)cc1. The van der Waals surface area contributed by atoms with Crippen LogP contribution in [0.25, 0.3) is 0 Å². The molecule has 0 aliphatic rings. The quantitative estimate of drug-likeness (QED) is 0.711. The van der Waals surface area contributed by atoms with Gasteiger partial charge in [-0.1, -0.05) is 6.92 Å². The summed E-state index contributed by atoms with van der Waals surface area (Å²) in [4.78, 5) is 12.2. The number of anilines is 1. The fourth-order valence-electron chi connectivity index (χ4n) is 1.85. The number of hydrogen-bond donors (Lipinski definition) is 3. The highest BCUT2D eigenvalue weighted by Crippen LogP contribution is 2.16. The monoisotopic (exact) mass is 337 g/mol. The molecule has 0 spiro atoms. The van der Waals surface area contributed by atoms with Crippen LogP contribution < -0.4 is 15.8 Å². The zero-order valence-corrected chi connectivity index (χ0v) is 13.5. The lowest BCUT2D eigenvalue weighted by Crippen LogP contribution is -2.24. The van der Waals surface area contributed by atoms with E-state index in [4.69, 9.17) is 10.2 Å². The average Bonchev–Trinajstić information content (AvgIpc) is 3.03. The molecule has 0 unspecified atom stereocenters. The van der Waals surface area contributed by atoms with Gasteiger partial charge in [-0.15, -0.1) is 0 Å². The van der Waals surface area contributed by atoms with E-state index in [1.54, 1.807) is 6.07 Å². The lowest BCUT2D eigenvalue weighted by atomic mass is 10.2. The number of rotatable bonds is 7. The molecule has 0 saturated carbocycles. The van der Waals surface area contributed by atoms with Crippen LogP contribution in [0.4, 0.5) is 5.69 Å². The third kappa shape index (κ3) is 4.41. The second-order valence-electron chi connectivity index (χ2n) is 4.88. The van der Waals surface area contributed by atoms with Crippen molar-refractivity contribution < 1.29 is 17.6 Å². The Labute approximate surface area is 134 Å². The molecule has 0 fully saturated rings. The molecule has 4 N–H and O–H groups in total. The van der Waals surface area contributed by atoms with E-state index in [1.807, 2.05) is 6.92 Å². The van der Waals surface area contributed by atoms with Crippen molar-refractivity contribution in [2.75, 3.05) is 11.9 Å². The van der Waals surface area contributed by atoms with Gasteiger partial charge in [0.25, 0.3) is 5.91 Å². The van der Waals surface area contributed by atoms with E-state index in [0.29, 0.717) is 30.0 Å². The number of sulfonamides is 1. The average molecular weight is 337 g/mol. The van der Waals surface area contributed by atoms with Crippen LogP contribution in [0.3, 0.4) is 0 Å². The summed E-state index contributed by atoms with van der Waals surface area (Å²) < 4.78 is 31.5. The van der Waals surface area contributed by atoms with Gasteiger partial charge in [-0.25, -0.2) is 13.1 Å². The molecule has 8 heteroatoms. The van der Waals surface area contributed by atoms with Crippen molar-refractivity contribution in [2.45, 2.75) is 24.8 Å². The molecule has 1 aromatic heterocycles. The Hall–Kier alpha value is -2.16. The van der Waals surface area contributed by atoms with Gasteiger partial charge < -0.3 is 15.5 Å². The number of carbonyl (C=O) groups is 1. The number of amides is 1. The van der Waals surface area contributed by atoms with Gasteiger partial charge in [-0.05, 0) is 36.8 Å². The molecule has 0 bridgehead atoms. The van der Waals surface area contributed by atoms with E-state index >= 15 is 0 Å². The fraction of sp³-hybridized carbons (Fsp3) is 0.267. The second kappa shape index (κ2) is 7.40. The first-order valence-electron chi connectivity index (χ1n) is 7.15. The van der Waals surface area contributed by atoms with Crippen molar-refractivity contribution in [1.29, 1.82) is 0 Å². The number of benzene rings is 1. The lowest BCUT2D eigenvalue weighted by Gasteiger charge is -2.07. The molecule has 1 amide bonds. The summed E-state index contributed by atoms with van der Waals surface area (Å²) in [6.07, 6.45) is 2.04. The van der Waals surface area contributed by atoms with E-state index in [9.17, 15) is 13.2 Å². The number of furan rings is 1. The molecular weight excluding hydrogens is 318 g/mol. The Bertz CT molecular complexity index is 766. The first kappa shape index (κ1) is 17.2. The molecule has 0 radical (unpaired) electrons. The van der Waals surface area contributed by atoms with E-state index in [-0.39, 0.29) is 17.3 Å². The third-order valence-corrected chi connectivity index (χ3v) is 4.56. The standard InChI is InChI=1S/C15H19N3O4S/c1-2-7-17-23(20,21)14-5-3-12(4-6-14)18-15(19)11-8-13(9-16)22-10-11/h3-6,8,10,17H,2,7,9,16H2,1H3,(H,18,19). The van der Waals surface area contributed by atoms with Gasteiger partial charge >= 0.3 is 0 Å². The van der Waals surface area contributed by atoms with E-state index < -0.39 is 10.0 Å². The lowest BCUT2D eigenvalue weighted by molar-refractivity contribution is 0.102. The topological polar surface area (TPSA) is 114 Å². The fourth-order valence-corrected chi connectivity index (χ4v) is 2.98. The van der Waals surface area contributed by atoms with Gasteiger partial charge in [0.15, 0.2) is 0 Å². The molecule has 7 nitrogen and oxygen atoms in total. The highest BCUT2D eigenvalue weighted by molar-refractivity contribution is 7.89. The summed E-state index contributed by atoms with van der Waals surface area (Å²) in [6, 6.07) is 7.50. The number of carbonyl (C=O) groups excluding carboxylic acids is 1. The maximum Gasteiger partial charge on any atom is 0.258 e. The van der Waals surface area contributed by atoms with Crippen LogP contribution in [0.2, 0.25) is 0 Å². The zero-order valence-electron chi connectivity index (χ0n) is 12.7. The minimum Gasteiger partial charge on any atom is -0.467 e. The van der Waals surface area contributed by atoms with Crippen LogP contribution >= 0.6 is 0 Å². The minimum absolute atomic E-state index is 0.151. The second-order valence-corrected chi connectivity index (χ2v) is 6.65. The van der Waals surface area contributed by atoms with Crippen LogP contribution in [0, 0.1) is 0 Å². The molecular formula is C15H19N3O4S. The van der Waals surface area contributed by atoms with Gasteiger partial charge in [0.05, 0.1) is 17.0 Å². The van der Waals surface area contributed by atoms with Crippen LogP contribution in [0.1, 0.15) is 29.5 Å². The van der Waals surface area contributed by atoms with Gasteiger partial charge in [-0.3, -0.25) is 4.79 Å². The number of nitrogens with one attached hydrogen (secondary N) is 2. The first-order chi connectivity index (χ1) is 11.0. The molecule has 2 rings (SSSR count). The van der Waals surface area contributed by atoms with Crippen molar-refractivity contribution in [3.05, 3.63) is 47.9 Å². The third-order valence-electron chi connectivity index (χ3n) is 3.08. The first-order valence-corrected chi connectivity index (χ1v) is 8.63. The maximum absolute atomic E-state index is 12.0. The molecule has 0 saturated heterocycles. The van der Waals surface area contributed by atoms with E-state index in [0.717, 1.165) is 0 Å². The molecule has 23 heavy (non-hydrogen) atoms. The Morgan fingerprint density at radius 2 is 1.96 bits per heavy atom. The molecule has 124 valence electrons. The summed E-state index contributed by atoms with van der Waals surface area (Å²) in [5, 5.41) is 2.66. The largest absolute Gasteiger partial charge is 0.467 e. The Kier molecular flexibility index (Phi) is 5.54. The zero-order chi connectivity index (χ0) is 16.9. The van der Waals surface area contributed by atoms with Crippen molar-refractivity contribution in [3.8, 4) is 0 Å². The Balaban J connectivity index is 2.06. The summed E-state index contributed by atoms with van der Waals surface area (Å²) in [7, 11) is -3.51. The van der Waals surface area contributed by atoms with Crippen molar-refractivity contribution in [3.63, 3.8) is 0 Å². The van der Waals surface area contributed by atoms with Crippen molar-refractivity contribution >= 4 is 21.6 Å². The van der Waals surface area contributed by atoms with Crippen LogP contribution in [-0.4, -0.2) is 20.9 Å². The Morgan fingerprint density at radius 3 is 2.52 bits per heavy atom. The smallest absolute Gasteiger partial charge is 0.258 e. The predicted molar refractivity (Wildman–Crippen MR) is 86.5 cm³/mol. The minimum atomic E-state index is -3.51. The maximum atomic E-state index is 12.0. The Morgan fingerprint density at radius 1 is 1.26 bits per heavy atom. The highest BCUT2D eigenvalue weighted by atomic mass is 32.2. The van der Waals surface area contributed by atoms with E-state index in [1.165, 1.54) is 30.5 Å². The van der Waals surface area contributed by atoms with Gasteiger partial charge in [0.2, 0.25) is 10.0 Å². The van der Waals surface area contributed by atoms with Crippen LogP contribution in [0.5, 0.6) is 0 Å². The summed E-state index contributed by atoms with van der Waals surface area (Å²) in [5.74, 6) is 0.159. The number of nitrogens with two attached hydrogens (primary N) is 1.